The smallest absolute Gasteiger partial charge is 0.259 e. The number of carbonyl (C=O) groups is 2. The van der Waals surface area contributed by atoms with Crippen molar-refractivity contribution in [2.24, 2.45) is 5.10 Å². The van der Waals surface area contributed by atoms with E-state index in [0.29, 0.717) is 27.0 Å². The van der Waals surface area contributed by atoms with E-state index in [1.54, 1.807) is 42.5 Å². The Balaban J connectivity index is 1.70. The minimum absolute atomic E-state index is 0.00792. The minimum Gasteiger partial charge on any atom is -0.322 e. The molecule has 0 aromatic heterocycles. The number of halogens is 2. The van der Waals surface area contributed by atoms with Gasteiger partial charge < -0.3 is 5.32 Å². The summed E-state index contributed by atoms with van der Waals surface area (Å²) in [6.45, 7) is 3.75. The lowest BCUT2D eigenvalue weighted by Crippen LogP contribution is -2.30. The van der Waals surface area contributed by atoms with E-state index in [4.69, 9.17) is 23.2 Å². The SMILES string of the molecule is Cc1ccc(Cl)cc1N/N=C1\C(=O)C(C(=O)Nc2cc(Cl)ccc2C)=Cc2ccccc21. The highest BCUT2D eigenvalue weighted by atomic mass is 35.5. The Labute approximate surface area is 195 Å². The van der Waals surface area contributed by atoms with Gasteiger partial charge in [0.15, 0.2) is 0 Å². The largest absolute Gasteiger partial charge is 0.322 e. The number of Topliss-reactive ketones (excluding diaryl/α,β-unsaturated/α-hetero) is 1. The van der Waals surface area contributed by atoms with Gasteiger partial charge in [-0.25, -0.2) is 0 Å². The van der Waals surface area contributed by atoms with Crippen molar-refractivity contribution in [2.45, 2.75) is 13.8 Å². The van der Waals surface area contributed by atoms with Gasteiger partial charge in [0.2, 0.25) is 5.78 Å². The van der Waals surface area contributed by atoms with E-state index in [0.717, 1.165) is 16.7 Å². The first-order chi connectivity index (χ1) is 15.3. The Bertz CT molecular complexity index is 1310. The minimum atomic E-state index is -0.526. The lowest BCUT2D eigenvalue weighted by molar-refractivity contribution is -0.116. The lowest BCUT2D eigenvalue weighted by atomic mass is 9.89. The Morgan fingerprint density at radius 1 is 0.875 bits per heavy atom. The normalized spacial score (nSPS) is 14.1. The number of rotatable bonds is 4. The fourth-order valence-corrected chi connectivity index (χ4v) is 3.68. The number of fused-ring (bicyclic) bond motifs is 1. The average Bonchev–Trinajstić information content (AvgIpc) is 2.77. The number of amides is 1. The third kappa shape index (κ3) is 4.44. The fraction of sp³-hybridized carbons (Fsp3) is 0.0800. The Hall–Kier alpha value is -3.41. The molecule has 0 unspecified atom stereocenters. The summed E-state index contributed by atoms with van der Waals surface area (Å²) in [6, 6.07) is 17.8. The number of carbonyl (C=O) groups excluding carboxylic acids is 2. The van der Waals surface area contributed by atoms with Crippen molar-refractivity contribution < 1.29 is 9.59 Å². The molecule has 0 saturated carbocycles. The van der Waals surface area contributed by atoms with Gasteiger partial charge in [-0.3, -0.25) is 15.0 Å². The molecule has 1 aliphatic rings. The van der Waals surface area contributed by atoms with Crippen LogP contribution in [0.4, 0.5) is 11.4 Å². The third-order valence-corrected chi connectivity index (χ3v) is 5.63. The predicted molar refractivity (Wildman–Crippen MR) is 131 cm³/mol. The predicted octanol–water partition coefficient (Wildman–Crippen LogP) is 6.03. The molecule has 32 heavy (non-hydrogen) atoms. The fourth-order valence-electron chi connectivity index (χ4n) is 3.34. The van der Waals surface area contributed by atoms with Crippen LogP contribution in [0.25, 0.3) is 6.08 Å². The molecule has 7 heteroatoms. The van der Waals surface area contributed by atoms with Crippen molar-refractivity contribution in [2.75, 3.05) is 10.7 Å². The molecule has 5 nitrogen and oxygen atoms in total. The van der Waals surface area contributed by atoms with Crippen LogP contribution in [0.2, 0.25) is 10.0 Å². The number of nitrogens with one attached hydrogen (secondary N) is 2. The number of nitrogens with zero attached hydrogens (tertiary/aromatic N) is 1. The second-order valence-electron chi connectivity index (χ2n) is 7.42. The maximum absolute atomic E-state index is 13.3. The quantitative estimate of drug-likeness (QED) is 0.366. The van der Waals surface area contributed by atoms with Gasteiger partial charge in [-0.15, -0.1) is 0 Å². The summed E-state index contributed by atoms with van der Waals surface area (Å²) in [5.41, 5.74) is 7.40. The molecule has 0 bridgehead atoms. The summed E-state index contributed by atoms with van der Waals surface area (Å²) in [7, 11) is 0. The highest BCUT2D eigenvalue weighted by Gasteiger charge is 2.30. The number of benzene rings is 3. The van der Waals surface area contributed by atoms with Gasteiger partial charge in [0.25, 0.3) is 5.91 Å². The molecular formula is C25H19Cl2N3O2. The van der Waals surface area contributed by atoms with E-state index in [1.165, 1.54) is 0 Å². The molecule has 0 heterocycles. The van der Waals surface area contributed by atoms with Gasteiger partial charge in [0, 0.05) is 21.3 Å². The molecule has 0 atom stereocenters. The monoisotopic (exact) mass is 463 g/mol. The van der Waals surface area contributed by atoms with Crippen molar-refractivity contribution in [1.82, 2.24) is 0 Å². The number of hydrogen-bond donors (Lipinski definition) is 2. The Morgan fingerprint density at radius 2 is 1.50 bits per heavy atom. The van der Waals surface area contributed by atoms with Gasteiger partial charge in [-0.05, 0) is 60.9 Å². The van der Waals surface area contributed by atoms with Crippen LogP contribution < -0.4 is 10.7 Å². The molecule has 3 aromatic carbocycles. The second kappa shape index (κ2) is 8.99. The Kier molecular flexibility index (Phi) is 6.12. The van der Waals surface area contributed by atoms with Crippen LogP contribution in [-0.4, -0.2) is 17.4 Å². The highest BCUT2D eigenvalue weighted by molar-refractivity contribution is 6.59. The van der Waals surface area contributed by atoms with Crippen LogP contribution in [0.15, 0.2) is 71.3 Å². The standard InChI is InChI=1S/C25H19Cl2N3O2/c1-14-7-9-17(26)12-21(14)28-25(32)20-11-16-5-3-4-6-19(16)23(24(20)31)30-29-22-13-18(27)10-8-15(22)2/h3-13,29H,1-2H3,(H,28,32)/b30-23-. The molecule has 3 aromatic rings. The number of aryl methyl sites for hydroxylation is 2. The molecule has 4 rings (SSSR count). The average molecular weight is 464 g/mol. The first-order valence-corrected chi connectivity index (χ1v) is 10.6. The number of ketones is 1. The van der Waals surface area contributed by atoms with Crippen molar-refractivity contribution in [3.8, 4) is 0 Å². The maximum Gasteiger partial charge on any atom is 0.259 e. The summed E-state index contributed by atoms with van der Waals surface area (Å²) >= 11 is 12.1. The zero-order valence-corrected chi connectivity index (χ0v) is 18.9. The highest BCUT2D eigenvalue weighted by Crippen LogP contribution is 2.26. The van der Waals surface area contributed by atoms with Crippen LogP contribution in [0.5, 0.6) is 0 Å². The number of anilines is 2. The van der Waals surface area contributed by atoms with E-state index in [-0.39, 0.29) is 11.3 Å². The molecule has 0 saturated heterocycles. The van der Waals surface area contributed by atoms with E-state index in [9.17, 15) is 9.59 Å². The van der Waals surface area contributed by atoms with Crippen LogP contribution >= 0.6 is 23.2 Å². The van der Waals surface area contributed by atoms with Crippen molar-refractivity contribution in [3.63, 3.8) is 0 Å². The summed E-state index contributed by atoms with van der Waals surface area (Å²) in [6.07, 6.45) is 1.58. The van der Waals surface area contributed by atoms with Gasteiger partial charge in [0.1, 0.15) is 5.71 Å². The van der Waals surface area contributed by atoms with Crippen LogP contribution in [0.3, 0.4) is 0 Å². The lowest BCUT2D eigenvalue weighted by Gasteiger charge is -2.18. The molecular weight excluding hydrogens is 445 g/mol. The van der Waals surface area contributed by atoms with E-state index < -0.39 is 11.7 Å². The summed E-state index contributed by atoms with van der Waals surface area (Å²) in [5.74, 6) is -1.01. The summed E-state index contributed by atoms with van der Waals surface area (Å²) in [5, 5.41) is 8.19. The molecule has 0 fully saturated rings. The molecule has 2 N–H and O–H groups in total. The Morgan fingerprint density at radius 3 is 2.22 bits per heavy atom. The topological polar surface area (TPSA) is 70.6 Å². The van der Waals surface area contributed by atoms with Crippen LogP contribution in [0, 0.1) is 13.8 Å². The number of hydrogen-bond acceptors (Lipinski definition) is 4. The zero-order chi connectivity index (χ0) is 22.8. The van der Waals surface area contributed by atoms with E-state index >= 15 is 0 Å². The molecule has 0 radical (unpaired) electrons. The summed E-state index contributed by atoms with van der Waals surface area (Å²) < 4.78 is 0. The molecule has 0 aliphatic heterocycles. The van der Waals surface area contributed by atoms with Gasteiger partial charge in [0.05, 0.1) is 11.3 Å². The van der Waals surface area contributed by atoms with Crippen LogP contribution in [-0.2, 0) is 9.59 Å². The second-order valence-corrected chi connectivity index (χ2v) is 8.29. The third-order valence-electron chi connectivity index (χ3n) is 5.16. The zero-order valence-electron chi connectivity index (χ0n) is 17.4. The van der Waals surface area contributed by atoms with Gasteiger partial charge in [-0.2, -0.15) is 5.10 Å². The molecule has 1 amide bonds. The van der Waals surface area contributed by atoms with Gasteiger partial charge >= 0.3 is 0 Å². The number of hydrazone groups is 1. The first kappa shape index (κ1) is 21.8. The van der Waals surface area contributed by atoms with E-state index in [1.807, 2.05) is 38.1 Å². The van der Waals surface area contributed by atoms with Crippen molar-refractivity contribution in [3.05, 3.63) is 98.5 Å². The molecule has 1 aliphatic carbocycles. The maximum atomic E-state index is 13.3. The van der Waals surface area contributed by atoms with Gasteiger partial charge in [-0.1, -0.05) is 59.6 Å². The molecule has 160 valence electrons. The first-order valence-electron chi connectivity index (χ1n) is 9.86. The van der Waals surface area contributed by atoms with Crippen molar-refractivity contribution >= 4 is 58.1 Å². The van der Waals surface area contributed by atoms with Crippen molar-refractivity contribution in [1.29, 1.82) is 0 Å². The summed E-state index contributed by atoms with van der Waals surface area (Å²) in [4.78, 5) is 26.3. The van der Waals surface area contributed by atoms with Crippen LogP contribution in [0.1, 0.15) is 22.3 Å². The molecule has 0 spiro atoms. The van der Waals surface area contributed by atoms with E-state index in [2.05, 4.69) is 15.8 Å².